The van der Waals surface area contributed by atoms with Crippen LogP contribution in [0, 0.1) is 11.3 Å². The maximum absolute atomic E-state index is 12.7. The highest BCUT2D eigenvalue weighted by Crippen LogP contribution is 2.30. The summed E-state index contributed by atoms with van der Waals surface area (Å²) in [4.78, 5) is 12.7. The van der Waals surface area contributed by atoms with Crippen molar-refractivity contribution in [3.05, 3.63) is 65.7 Å². The van der Waals surface area contributed by atoms with E-state index in [-0.39, 0.29) is 17.5 Å². The van der Waals surface area contributed by atoms with E-state index in [0.717, 1.165) is 52.8 Å². The molecule has 0 heterocycles. The lowest BCUT2D eigenvalue weighted by atomic mass is 9.94. The zero-order valence-electron chi connectivity index (χ0n) is 15.2. The summed E-state index contributed by atoms with van der Waals surface area (Å²) in [5.74, 6) is -0.263. The third kappa shape index (κ3) is 3.57. The number of amides is 1. The Morgan fingerprint density at radius 2 is 1.56 bits per heavy atom. The van der Waals surface area contributed by atoms with E-state index < -0.39 is 0 Å². The number of hydrogen-bond acceptors (Lipinski definition) is 2. The minimum atomic E-state index is -0.263. The van der Waals surface area contributed by atoms with Gasteiger partial charge in [-0.3, -0.25) is 4.79 Å². The van der Waals surface area contributed by atoms with Crippen molar-refractivity contribution in [1.82, 2.24) is 5.32 Å². The van der Waals surface area contributed by atoms with Crippen LogP contribution in [-0.2, 0) is 4.79 Å². The molecule has 1 fully saturated rings. The van der Waals surface area contributed by atoms with E-state index in [2.05, 4.69) is 29.6 Å². The molecule has 0 radical (unpaired) electrons. The fourth-order valence-corrected chi connectivity index (χ4v) is 4.01. The Balaban J connectivity index is 1.79. The zero-order chi connectivity index (χ0) is 18.6. The first-order valence-corrected chi connectivity index (χ1v) is 9.59. The fourth-order valence-electron chi connectivity index (χ4n) is 4.01. The van der Waals surface area contributed by atoms with Crippen LogP contribution in [0.5, 0.6) is 0 Å². The van der Waals surface area contributed by atoms with Gasteiger partial charge in [0.15, 0.2) is 0 Å². The van der Waals surface area contributed by atoms with Crippen molar-refractivity contribution in [3.63, 3.8) is 0 Å². The van der Waals surface area contributed by atoms with E-state index in [1.165, 1.54) is 6.42 Å². The summed E-state index contributed by atoms with van der Waals surface area (Å²) in [5.41, 5.74) is 1.10. The molecule has 1 aliphatic carbocycles. The lowest BCUT2D eigenvalue weighted by molar-refractivity contribution is -0.117. The SMILES string of the molecule is N#CC(=Cc1c2ccccc2cc2ccccc12)C(=O)NC1CCCCC1. The summed E-state index contributed by atoms with van der Waals surface area (Å²) in [5, 5.41) is 17.0. The Kier molecular flexibility index (Phi) is 4.89. The van der Waals surface area contributed by atoms with Crippen molar-refractivity contribution < 1.29 is 4.79 Å². The number of nitriles is 1. The summed E-state index contributed by atoms with van der Waals surface area (Å²) < 4.78 is 0. The van der Waals surface area contributed by atoms with E-state index in [9.17, 15) is 10.1 Å². The molecular formula is C24H22N2O. The summed E-state index contributed by atoms with van der Waals surface area (Å²) in [6, 6.07) is 20.7. The predicted octanol–water partition coefficient (Wildman–Crippen LogP) is 5.35. The molecule has 1 N–H and O–H groups in total. The number of fused-ring (bicyclic) bond motifs is 2. The molecule has 3 nitrogen and oxygen atoms in total. The number of rotatable bonds is 3. The zero-order valence-corrected chi connectivity index (χ0v) is 15.2. The van der Waals surface area contributed by atoms with Crippen LogP contribution >= 0.6 is 0 Å². The molecule has 4 rings (SSSR count). The van der Waals surface area contributed by atoms with Crippen molar-refractivity contribution in [2.24, 2.45) is 0 Å². The molecule has 134 valence electrons. The molecular weight excluding hydrogens is 332 g/mol. The van der Waals surface area contributed by atoms with Crippen molar-refractivity contribution in [1.29, 1.82) is 5.26 Å². The molecule has 3 heteroatoms. The van der Waals surface area contributed by atoms with Gasteiger partial charge in [-0.15, -0.1) is 0 Å². The maximum Gasteiger partial charge on any atom is 0.262 e. The average molecular weight is 354 g/mol. The predicted molar refractivity (Wildman–Crippen MR) is 110 cm³/mol. The average Bonchev–Trinajstić information content (AvgIpc) is 2.71. The van der Waals surface area contributed by atoms with Gasteiger partial charge >= 0.3 is 0 Å². The first-order chi connectivity index (χ1) is 13.3. The largest absolute Gasteiger partial charge is 0.349 e. The number of carbonyl (C=O) groups is 1. The smallest absolute Gasteiger partial charge is 0.262 e. The normalized spacial score (nSPS) is 15.6. The number of carbonyl (C=O) groups excluding carboxylic acids is 1. The third-order valence-electron chi connectivity index (χ3n) is 5.41. The number of benzene rings is 3. The van der Waals surface area contributed by atoms with E-state index in [0.29, 0.717) is 0 Å². The molecule has 3 aromatic rings. The van der Waals surface area contributed by atoms with Crippen LogP contribution in [0.15, 0.2) is 60.2 Å². The van der Waals surface area contributed by atoms with Crippen molar-refractivity contribution in [3.8, 4) is 6.07 Å². The van der Waals surface area contributed by atoms with Gasteiger partial charge in [-0.05, 0) is 52.1 Å². The van der Waals surface area contributed by atoms with Crippen LogP contribution in [0.3, 0.4) is 0 Å². The van der Waals surface area contributed by atoms with Crippen LogP contribution in [0.25, 0.3) is 27.6 Å². The molecule has 0 atom stereocenters. The summed E-state index contributed by atoms with van der Waals surface area (Å²) in [6.45, 7) is 0. The van der Waals surface area contributed by atoms with E-state index in [1.807, 2.05) is 36.4 Å². The van der Waals surface area contributed by atoms with Gasteiger partial charge in [0, 0.05) is 6.04 Å². The van der Waals surface area contributed by atoms with Crippen LogP contribution in [0.2, 0.25) is 0 Å². The molecule has 3 aromatic carbocycles. The number of hydrogen-bond donors (Lipinski definition) is 1. The topological polar surface area (TPSA) is 52.9 Å². The van der Waals surface area contributed by atoms with Gasteiger partial charge in [0.25, 0.3) is 5.91 Å². The molecule has 0 unspecified atom stereocenters. The van der Waals surface area contributed by atoms with Crippen LogP contribution in [-0.4, -0.2) is 11.9 Å². The highest BCUT2D eigenvalue weighted by molar-refractivity contribution is 6.11. The highest BCUT2D eigenvalue weighted by Gasteiger charge is 2.18. The number of nitrogens with one attached hydrogen (secondary N) is 1. The van der Waals surface area contributed by atoms with E-state index in [1.54, 1.807) is 6.08 Å². The Hall–Kier alpha value is -3.12. The standard InChI is InChI=1S/C24H22N2O/c25-16-19(24(27)26-20-10-2-1-3-11-20)15-23-21-12-6-4-8-17(21)14-18-9-5-7-13-22(18)23/h4-9,12-15,20H,1-3,10-11H2,(H,26,27). The Morgan fingerprint density at radius 3 is 2.15 bits per heavy atom. The first-order valence-electron chi connectivity index (χ1n) is 9.59. The Bertz CT molecular complexity index is 1010. The second-order valence-electron chi connectivity index (χ2n) is 7.21. The first kappa shape index (κ1) is 17.3. The molecule has 1 amide bonds. The molecule has 1 saturated carbocycles. The summed E-state index contributed by atoms with van der Waals surface area (Å²) >= 11 is 0. The van der Waals surface area contributed by atoms with Gasteiger partial charge in [-0.2, -0.15) is 5.26 Å². The fraction of sp³-hybridized carbons (Fsp3) is 0.250. The summed E-state index contributed by atoms with van der Waals surface area (Å²) in [7, 11) is 0. The molecule has 0 bridgehead atoms. The van der Waals surface area contributed by atoms with Crippen molar-refractivity contribution in [2.75, 3.05) is 0 Å². The quantitative estimate of drug-likeness (QED) is 0.392. The van der Waals surface area contributed by atoms with Gasteiger partial charge in [0.2, 0.25) is 0 Å². The minimum Gasteiger partial charge on any atom is -0.349 e. The maximum atomic E-state index is 12.7. The van der Waals surface area contributed by atoms with Gasteiger partial charge in [-0.25, -0.2) is 0 Å². The summed E-state index contributed by atoms with van der Waals surface area (Å²) in [6.07, 6.45) is 7.27. The third-order valence-corrected chi connectivity index (χ3v) is 5.41. The number of nitrogens with zero attached hydrogens (tertiary/aromatic N) is 1. The van der Waals surface area contributed by atoms with Crippen LogP contribution < -0.4 is 5.32 Å². The molecule has 1 aliphatic rings. The Morgan fingerprint density at radius 1 is 0.963 bits per heavy atom. The van der Waals surface area contributed by atoms with Gasteiger partial charge in [0.05, 0.1) is 0 Å². The van der Waals surface area contributed by atoms with Crippen LogP contribution in [0.1, 0.15) is 37.7 Å². The van der Waals surface area contributed by atoms with Gasteiger partial charge in [0.1, 0.15) is 11.6 Å². The van der Waals surface area contributed by atoms with E-state index >= 15 is 0 Å². The molecule has 0 saturated heterocycles. The minimum absolute atomic E-state index is 0.169. The molecule has 0 aliphatic heterocycles. The second-order valence-corrected chi connectivity index (χ2v) is 7.21. The van der Waals surface area contributed by atoms with Crippen molar-refractivity contribution >= 4 is 33.5 Å². The monoisotopic (exact) mass is 354 g/mol. The van der Waals surface area contributed by atoms with Gasteiger partial charge in [-0.1, -0.05) is 67.8 Å². The second kappa shape index (κ2) is 7.63. The van der Waals surface area contributed by atoms with Gasteiger partial charge < -0.3 is 5.32 Å². The molecule has 0 spiro atoms. The molecule has 0 aromatic heterocycles. The lowest BCUT2D eigenvalue weighted by Crippen LogP contribution is -2.36. The highest BCUT2D eigenvalue weighted by atomic mass is 16.1. The van der Waals surface area contributed by atoms with E-state index in [4.69, 9.17) is 0 Å². The Labute approximate surface area is 159 Å². The molecule has 27 heavy (non-hydrogen) atoms. The lowest BCUT2D eigenvalue weighted by Gasteiger charge is -2.22. The van der Waals surface area contributed by atoms with Crippen molar-refractivity contribution in [2.45, 2.75) is 38.1 Å². The van der Waals surface area contributed by atoms with Crippen LogP contribution in [0.4, 0.5) is 0 Å².